The fourth-order valence-corrected chi connectivity index (χ4v) is 3.60. The Kier molecular flexibility index (Phi) is 6.28. The van der Waals surface area contributed by atoms with E-state index in [4.69, 9.17) is 4.74 Å². The van der Waals surface area contributed by atoms with Gasteiger partial charge in [-0.05, 0) is 45.6 Å². The van der Waals surface area contributed by atoms with Crippen molar-refractivity contribution in [1.29, 1.82) is 0 Å². The van der Waals surface area contributed by atoms with E-state index in [2.05, 4.69) is 74.5 Å². The Labute approximate surface area is 184 Å². The molecule has 4 rings (SSSR count). The van der Waals surface area contributed by atoms with Gasteiger partial charge in [-0.3, -0.25) is 4.40 Å². The van der Waals surface area contributed by atoms with Gasteiger partial charge in [0.2, 0.25) is 5.65 Å². The number of ether oxygens (including phenoxy) is 1. The SMILES string of the molecule is CC(C)c1nnc2c(NCCc3ccc(OCc4ccccc4)cc3)nc(Br)cn12. The molecule has 1 N–H and O–H groups in total. The van der Waals surface area contributed by atoms with Crippen molar-refractivity contribution in [3.05, 3.63) is 82.3 Å². The largest absolute Gasteiger partial charge is 0.489 e. The highest BCUT2D eigenvalue weighted by molar-refractivity contribution is 9.10. The zero-order valence-electron chi connectivity index (χ0n) is 17.0. The molecule has 0 bridgehead atoms. The molecule has 0 unspecified atom stereocenters. The standard InChI is InChI=1S/C23H24BrN5O/c1-16(2)22-27-28-23-21(26-20(24)14-29(22)23)25-13-12-17-8-10-19(11-9-17)30-15-18-6-4-3-5-7-18/h3-11,14,16H,12-13,15H2,1-2H3,(H,25,26). The first-order chi connectivity index (χ1) is 14.6. The molecule has 0 amide bonds. The molecule has 0 aliphatic rings. The van der Waals surface area contributed by atoms with E-state index in [-0.39, 0.29) is 5.92 Å². The lowest BCUT2D eigenvalue weighted by molar-refractivity contribution is 0.306. The van der Waals surface area contributed by atoms with Crippen molar-refractivity contribution in [3.8, 4) is 5.75 Å². The van der Waals surface area contributed by atoms with Crippen LogP contribution in [0.2, 0.25) is 0 Å². The van der Waals surface area contributed by atoms with Gasteiger partial charge in [-0.15, -0.1) is 10.2 Å². The third-order valence-corrected chi connectivity index (χ3v) is 5.16. The van der Waals surface area contributed by atoms with E-state index in [1.165, 1.54) is 5.56 Å². The lowest BCUT2D eigenvalue weighted by atomic mass is 10.1. The fraction of sp³-hybridized carbons (Fsp3) is 0.261. The number of nitrogens with zero attached hydrogens (tertiary/aromatic N) is 4. The second kappa shape index (κ2) is 9.26. The number of nitrogens with one attached hydrogen (secondary N) is 1. The van der Waals surface area contributed by atoms with Gasteiger partial charge in [0.1, 0.15) is 22.8 Å². The van der Waals surface area contributed by atoms with Crippen LogP contribution >= 0.6 is 15.9 Å². The second-order valence-electron chi connectivity index (χ2n) is 7.41. The van der Waals surface area contributed by atoms with Crippen LogP contribution in [0.3, 0.4) is 0 Å². The lowest BCUT2D eigenvalue weighted by Gasteiger charge is -2.10. The highest BCUT2D eigenvalue weighted by atomic mass is 79.9. The maximum absolute atomic E-state index is 5.85. The van der Waals surface area contributed by atoms with Crippen LogP contribution < -0.4 is 10.1 Å². The van der Waals surface area contributed by atoms with E-state index < -0.39 is 0 Å². The molecule has 0 atom stereocenters. The fourth-order valence-electron chi connectivity index (χ4n) is 3.22. The summed E-state index contributed by atoms with van der Waals surface area (Å²) in [5.41, 5.74) is 3.13. The minimum absolute atomic E-state index is 0.282. The molecule has 6 nitrogen and oxygen atoms in total. The van der Waals surface area contributed by atoms with Gasteiger partial charge >= 0.3 is 0 Å². The van der Waals surface area contributed by atoms with Gasteiger partial charge < -0.3 is 10.1 Å². The van der Waals surface area contributed by atoms with Crippen molar-refractivity contribution in [2.75, 3.05) is 11.9 Å². The van der Waals surface area contributed by atoms with Gasteiger partial charge in [-0.25, -0.2) is 4.98 Å². The van der Waals surface area contributed by atoms with Crippen LogP contribution in [0.15, 0.2) is 65.4 Å². The number of hydrogen-bond acceptors (Lipinski definition) is 5. The number of hydrogen-bond donors (Lipinski definition) is 1. The summed E-state index contributed by atoms with van der Waals surface area (Å²) < 4.78 is 8.59. The number of benzene rings is 2. The molecule has 7 heteroatoms. The molecule has 2 aromatic heterocycles. The van der Waals surface area contributed by atoms with E-state index >= 15 is 0 Å². The van der Waals surface area contributed by atoms with Crippen molar-refractivity contribution >= 4 is 27.4 Å². The van der Waals surface area contributed by atoms with Crippen LogP contribution in [0.25, 0.3) is 5.65 Å². The van der Waals surface area contributed by atoms with Crippen molar-refractivity contribution in [3.63, 3.8) is 0 Å². The molecule has 0 saturated carbocycles. The summed E-state index contributed by atoms with van der Waals surface area (Å²) in [6.07, 6.45) is 2.77. The third-order valence-electron chi connectivity index (χ3n) is 4.78. The topological polar surface area (TPSA) is 64.3 Å². The lowest BCUT2D eigenvalue weighted by Crippen LogP contribution is -2.09. The van der Waals surface area contributed by atoms with Crippen LogP contribution in [-0.2, 0) is 13.0 Å². The van der Waals surface area contributed by atoms with E-state index in [9.17, 15) is 0 Å². The summed E-state index contributed by atoms with van der Waals surface area (Å²) in [6, 6.07) is 18.4. The highest BCUT2D eigenvalue weighted by Gasteiger charge is 2.14. The van der Waals surface area contributed by atoms with E-state index in [1.807, 2.05) is 40.9 Å². The summed E-state index contributed by atoms with van der Waals surface area (Å²) >= 11 is 3.49. The predicted octanol–water partition coefficient (Wildman–Crippen LogP) is 5.24. The summed E-state index contributed by atoms with van der Waals surface area (Å²) in [7, 11) is 0. The highest BCUT2D eigenvalue weighted by Crippen LogP contribution is 2.21. The second-order valence-corrected chi connectivity index (χ2v) is 8.23. The number of halogens is 1. The summed E-state index contributed by atoms with van der Waals surface area (Å²) in [4.78, 5) is 4.53. The average Bonchev–Trinajstić information content (AvgIpc) is 3.18. The Morgan fingerprint density at radius 1 is 1.00 bits per heavy atom. The molecule has 0 fully saturated rings. The van der Waals surface area contributed by atoms with Crippen LogP contribution in [-0.4, -0.2) is 26.1 Å². The summed E-state index contributed by atoms with van der Waals surface area (Å²) in [5, 5.41) is 12.0. The van der Waals surface area contributed by atoms with Crippen molar-refractivity contribution in [2.45, 2.75) is 32.8 Å². The zero-order chi connectivity index (χ0) is 20.9. The zero-order valence-corrected chi connectivity index (χ0v) is 18.6. The number of anilines is 1. The predicted molar refractivity (Wildman–Crippen MR) is 122 cm³/mol. The first kappa shape index (κ1) is 20.3. The summed E-state index contributed by atoms with van der Waals surface area (Å²) in [6.45, 7) is 5.52. The Bertz CT molecular complexity index is 1110. The maximum Gasteiger partial charge on any atom is 0.203 e. The average molecular weight is 466 g/mol. The molecular formula is C23H24BrN5O. The maximum atomic E-state index is 5.85. The molecule has 0 radical (unpaired) electrons. The van der Waals surface area contributed by atoms with Gasteiger partial charge in [0.15, 0.2) is 5.82 Å². The number of fused-ring (bicyclic) bond motifs is 1. The van der Waals surface area contributed by atoms with Gasteiger partial charge in [0.05, 0.1) is 0 Å². The Hall–Kier alpha value is -2.93. The van der Waals surface area contributed by atoms with Gasteiger partial charge in [0.25, 0.3) is 0 Å². The molecular weight excluding hydrogens is 442 g/mol. The molecule has 154 valence electrons. The quantitative estimate of drug-likeness (QED) is 0.385. The Morgan fingerprint density at radius 2 is 1.77 bits per heavy atom. The van der Waals surface area contributed by atoms with Crippen molar-refractivity contribution in [2.24, 2.45) is 0 Å². The monoisotopic (exact) mass is 465 g/mol. The minimum Gasteiger partial charge on any atom is -0.489 e. The Balaban J connectivity index is 1.35. The molecule has 2 aromatic carbocycles. The van der Waals surface area contributed by atoms with Crippen LogP contribution in [0.4, 0.5) is 5.82 Å². The van der Waals surface area contributed by atoms with E-state index in [1.54, 1.807) is 0 Å². The molecule has 0 spiro atoms. The van der Waals surface area contributed by atoms with Crippen LogP contribution in [0.1, 0.15) is 36.7 Å². The first-order valence-electron chi connectivity index (χ1n) is 10.0. The minimum atomic E-state index is 0.282. The van der Waals surface area contributed by atoms with Crippen molar-refractivity contribution in [1.82, 2.24) is 19.6 Å². The molecule has 0 aliphatic heterocycles. The number of aromatic nitrogens is 4. The molecule has 0 aliphatic carbocycles. The van der Waals surface area contributed by atoms with Crippen LogP contribution in [0.5, 0.6) is 5.75 Å². The Morgan fingerprint density at radius 3 is 2.50 bits per heavy atom. The molecule has 2 heterocycles. The van der Waals surface area contributed by atoms with E-state index in [0.717, 1.165) is 46.2 Å². The van der Waals surface area contributed by atoms with E-state index in [0.29, 0.717) is 6.61 Å². The normalized spacial score (nSPS) is 11.2. The smallest absolute Gasteiger partial charge is 0.203 e. The third kappa shape index (κ3) is 4.79. The molecule has 30 heavy (non-hydrogen) atoms. The summed E-state index contributed by atoms with van der Waals surface area (Å²) in [5.74, 6) is 2.80. The van der Waals surface area contributed by atoms with Gasteiger partial charge in [-0.2, -0.15) is 0 Å². The van der Waals surface area contributed by atoms with Gasteiger partial charge in [-0.1, -0.05) is 56.3 Å². The van der Waals surface area contributed by atoms with Gasteiger partial charge in [0, 0.05) is 18.7 Å². The molecule has 4 aromatic rings. The first-order valence-corrected chi connectivity index (χ1v) is 10.8. The van der Waals surface area contributed by atoms with Crippen molar-refractivity contribution < 1.29 is 4.74 Å². The van der Waals surface area contributed by atoms with Crippen LogP contribution in [0, 0.1) is 0 Å². The number of rotatable bonds is 8. The molecule has 0 saturated heterocycles.